The van der Waals surface area contributed by atoms with Crippen LogP contribution in [0.4, 0.5) is 0 Å². The lowest BCUT2D eigenvalue weighted by molar-refractivity contribution is -0.147. The van der Waals surface area contributed by atoms with Gasteiger partial charge < -0.3 is 14.7 Å². The molecule has 0 radical (unpaired) electrons. The maximum Gasteiger partial charge on any atom is 0.311 e. The third-order valence-corrected chi connectivity index (χ3v) is 3.93. The highest BCUT2D eigenvalue weighted by Gasteiger charge is 2.43. The van der Waals surface area contributed by atoms with Gasteiger partial charge >= 0.3 is 5.97 Å². The lowest BCUT2D eigenvalue weighted by Gasteiger charge is -2.23. The molecule has 22 heavy (non-hydrogen) atoms. The fraction of sp³-hybridized carbons (Fsp3) is 0.438. The summed E-state index contributed by atoms with van der Waals surface area (Å²) in [7, 11) is 0. The van der Waals surface area contributed by atoms with Gasteiger partial charge in [-0.15, -0.1) is 0 Å². The van der Waals surface area contributed by atoms with Crippen LogP contribution in [-0.4, -0.2) is 41.1 Å². The molecular weight excluding hydrogens is 284 g/mol. The molecule has 2 unspecified atom stereocenters. The number of aliphatic carboxylic acids is 1. The van der Waals surface area contributed by atoms with Crippen molar-refractivity contribution >= 4 is 11.9 Å². The van der Waals surface area contributed by atoms with Crippen LogP contribution in [0.3, 0.4) is 0 Å². The van der Waals surface area contributed by atoms with Gasteiger partial charge in [0.05, 0.1) is 17.0 Å². The van der Waals surface area contributed by atoms with Crippen LogP contribution in [0.2, 0.25) is 0 Å². The highest BCUT2D eigenvalue weighted by Crippen LogP contribution is 2.30. The molecule has 2 atom stereocenters. The van der Waals surface area contributed by atoms with Gasteiger partial charge in [-0.1, -0.05) is 6.07 Å². The largest absolute Gasteiger partial charge is 0.481 e. The number of carbonyl (C=O) groups is 2. The van der Waals surface area contributed by atoms with E-state index in [2.05, 4.69) is 0 Å². The molecule has 0 aromatic heterocycles. The van der Waals surface area contributed by atoms with Crippen molar-refractivity contribution in [2.45, 2.75) is 26.4 Å². The molecule has 0 bridgehead atoms. The van der Waals surface area contributed by atoms with Crippen LogP contribution in [-0.2, 0) is 9.59 Å². The molecule has 6 heteroatoms. The third-order valence-electron chi connectivity index (χ3n) is 3.93. The minimum absolute atomic E-state index is 0.188. The first kappa shape index (κ1) is 15.8. The van der Waals surface area contributed by atoms with Gasteiger partial charge in [-0.2, -0.15) is 5.26 Å². The summed E-state index contributed by atoms with van der Waals surface area (Å²) in [6, 6.07) is 8.58. The van der Waals surface area contributed by atoms with E-state index in [0.717, 1.165) is 0 Å². The Hall–Kier alpha value is -2.55. The monoisotopic (exact) mass is 302 g/mol. The number of rotatable bonds is 4. The van der Waals surface area contributed by atoms with Crippen molar-refractivity contribution in [2.24, 2.45) is 5.41 Å². The molecule has 1 fully saturated rings. The van der Waals surface area contributed by atoms with E-state index in [9.17, 15) is 14.7 Å². The average molecular weight is 302 g/mol. The molecule has 1 amide bonds. The molecule has 1 aliphatic rings. The number of nitrogens with zero attached hydrogens (tertiary/aromatic N) is 2. The first-order valence-electron chi connectivity index (χ1n) is 7.05. The lowest BCUT2D eigenvalue weighted by Crippen LogP contribution is -2.41. The number of carbonyl (C=O) groups excluding carboxylic acids is 1. The topological polar surface area (TPSA) is 90.6 Å². The Morgan fingerprint density at radius 3 is 2.82 bits per heavy atom. The summed E-state index contributed by atoms with van der Waals surface area (Å²) in [5.74, 6) is -0.689. The first-order chi connectivity index (χ1) is 10.4. The molecular formula is C16H18N2O4. The maximum atomic E-state index is 12.4. The summed E-state index contributed by atoms with van der Waals surface area (Å²) < 4.78 is 5.57. The summed E-state index contributed by atoms with van der Waals surface area (Å²) >= 11 is 0. The minimum Gasteiger partial charge on any atom is -0.481 e. The number of hydrogen-bond acceptors (Lipinski definition) is 4. The normalized spacial score (nSPS) is 22.0. The predicted molar refractivity (Wildman–Crippen MR) is 78.2 cm³/mol. The summed E-state index contributed by atoms with van der Waals surface area (Å²) in [5, 5.41) is 18.1. The SMILES string of the molecule is CC(Oc1cccc(C#N)c1)C(=O)N1CCC(C)(C(=O)O)C1. The molecule has 1 aromatic rings. The van der Waals surface area contributed by atoms with Crippen molar-refractivity contribution in [2.75, 3.05) is 13.1 Å². The molecule has 1 heterocycles. The fourth-order valence-corrected chi connectivity index (χ4v) is 2.47. The van der Waals surface area contributed by atoms with Gasteiger partial charge in [0.1, 0.15) is 5.75 Å². The molecule has 2 rings (SSSR count). The van der Waals surface area contributed by atoms with E-state index in [4.69, 9.17) is 10.00 Å². The Labute approximate surface area is 128 Å². The number of benzene rings is 1. The Kier molecular flexibility index (Phi) is 4.36. The summed E-state index contributed by atoms with van der Waals surface area (Å²) in [5.41, 5.74) is -0.437. The number of carboxylic acid groups (broad SMARTS) is 1. The average Bonchev–Trinajstić information content (AvgIpc) is 2.90. The van der Waals surface area contributed by atoms with Crippen LogP contribution in [0, 0.1) is 16.7 Å². The van der Waals surface area contributed by atoms with Crippen molar-refractivity contribution in [1.29, 1.82) is 5.26 Å². The number of hydrogen-bond donors (Lipinski definition) is 1. The number of amides is 1. The summed E-state index contributed by atoms with van der Waals surface area (Å²) in [6.45, 7) is 3.86. The van der Waals surface area contributed by atoms with Crippen LogP contribution in [0.1, 0.15) is 25.8 Å². The van der Waals surface area contributed by atoms with Crippen molar-refractivity contribution in [3.8, 4) is 11.8 Å². The smallest absolute Gasteiger partial charge is 0.311 e. The summed E-state index contributed by atoms with van der Waals surface area (Å²) in [6.07, 6.45) is -0.296. The van der Waals surface area contributed by atoms with Gasteiger partial charge in [-0.3, -0.25) is 9.59 Å². The molecule has 1 saturated heterocycles. The molecule has 6 nitrogen and oxygen atoms in total. The maximum absolute atomic E-state index is 12.4. The number of ether oxygens (including phenoxy) is 1. The van der Waals surface area contributed by atoms with Crippen LogP contribution in [0.15, 0.2) is 24.3 Å². The highest BCUT2D eigenvalue weighted by molar-refractivity contribution is 5.83. The van der Waals surface area contributed by atoms with Gasteiger partial charge in [-0.05, 0) is 38.5 Å². The van der Waals surface area contributed by atoms with Crippen molar-refractivity contribution in [3.63, 3.8) is 0 Å². The predicted octanol–water partition coefficient (Wildman–Crippen LogP) is 1.65. The summed E-state index contributed by atoms with van der Waals surface area (Å²) in [4.78, 5) is 25.1. The quantitative estimate of drug-likeness (QED) is 0.913. The fourth-order valence-electron chi connectivity index (χ4n) is 2.47. The molecule has 1 aromatic carbocycles. The molecule has 0 aliphatic carbocycles. The molecule has 1 N–H and O–H groups in total. The lowest BCUT2D eigenvalue weighted by atomic mass is 9.90. The number of nitriles is 1. The van der Waals surface area contributed by atoms with Gasteiger partial charge in [0.2, 0.25) is 0 Å². The molecule has 0 spiro atoms. The first-order valence-corrected chi connectivity index (χ1v) is 7.05. The van der Waals surface area contributed by atoms with Crippen LogP contribution in [0.25, 0.3) is 0 Å². The van der Waals surface area contributed by atoms with E-state index >= 15 is 0 Å². The zero-order valence-electron chi connectivity index (χ0n) is 12.6. The third kappa shape index (κ3) is 3.19. The minimum atomic E-state index is -0.893. The van der Waals surface area contributed by atoms with E-state index in [-0.39, 0.29) is 12.5 Å². The van der Waals surface area contributed by atoms with Gasteiger partial charge in [0.15, 0.2) is 6.10 Å². The van der Waals surface area contributed by atoms with Gasteiger partial charge in [0, 0.05) is 13.1 Å². The van der Waals surface area contributed by atoms with E-state index < -0.39 is 17.5 Å². The Morgan fingerprint density at radius 1 is 1.50 bits per heavy atom. The van der Waals surface area contributed by atoms with E-state index in [1.165, 1.54) is 4.90 Å². The van der Waals surface area contributed by atoms with Crippen molar-refractivity contribution < 1.29 is 19.4 Å². The number of likely N-dealkylation sites (tertiary alicyclic amines) is 1. The Morgan fingerprint density at radius 2 is 2.23 bits per heavy atom. The van der Waals surface area contributed by atoms with Gasteiger partial charge in [0.25, 0.3) is 5.91 Å². The van der Waals surface area contributed by atoms with Crippen LogP contribution < -0.4 is 4.74 Å². The van der Waals surface area contributed by atoms with E-state index in [0.29, 0.717) is 24.3 Å². The van der Waals surface area contributed by atoms with Gasteiger partial charge in [-0.25, -0.2) is 0 Å². The van der Waals surface area contributed by atoms with Crippen molar-refractivity contribution in [1.82, 2.24) is 4.90 Å². The number of carboxylic acids is 1. The second-order valence-corrected chi connectivity index (χ2v) is 5.78. The molecule has 0 saturated carbocycles. The van der Waals surface area contributed by atoms with E-state index in [1.54, 1.807) is 38.1 Å². The standard InChI is InChI=1S/C16H18N2O4/c1-11(22-13-5-3-4-12(8-13)9-17)14(19)18-7-6-16(2,10-18)15(20)21/h3-5,8,11H,6-7,10H2,1-2H3,(H,20,21). The second-order valence-electron chi connectivity index (χ2n) is 5.78. The Bertz CT molecular complexity index is 637. The zero-order chi connectivity index (χ0) is 16.3. The Balaban J connectivity index is 2.01. The van der Waals surface area contributed by atoms with E-state index in [1.807, 2.05) is 6.07 Å². The van der Waals surface area contributed by atoms with Crippen LogP contribution >= 0.6 is 0 Å². The zero-order valence-corrected chi connectivity index (χ0v) is 12.6. The second kappa shape index (κ2) is 6.06. The molecule has 1 aliphatic heterocycles. The molecule has 116 valence electrons. The highest BCUT2D eigenvalue weighted by atomic mass is 16.5. The van der Waals surface area contributed by atoms with Crippen molar-refractivity contribution in [3.05, 3.63) is 29.8 Å². The van der Waals surface area contributed by atoms with Crippen LogP contribution in [0.5, 0.6) is 5.75 Å².